The minimum absolute atomic E-state index is 0.138. The maximum atomic E-state index is 11.0. The van der Waals surface area contributed by atoms with Gasteiger partial charge in [0.2, 0.25) is 0 Å². The van der Waals surface area contributed by atoms with Gasteiger partial charge in [0, 0.05) is 11.6 Å². The summed E-state index contributed by atoms with van der Waals surface area (Å²) in [4.78, 5) is 20.9. The third kappa shape index (κ3) is 3.35. The quantitative estimate of drug-likeness (QED) is 0.665. The number of ether oxygens (including phenoxy) is 1. The van der Waals surface area contributed by atoms with Gasteiger partial charge in [0.25, 0.3) is 5.69 Å². The van der Waals surface area contributed by atoms with Crippen molar-refractivity contribution >= 4 is 34.9 Å². The van der Waals surface area contributed by atoms with Gasteiger partial charge in [-0.3, -0.25) is 10.1 Å². The number of nitrogens with zero attached hydrogens (tertiary/aromatic N) is 1. The first kappa shape index (κ1) is 14.3. The van der Waals surface area contributed by atoms with E-state index in [1.165, 1.54) is 12.1 Å². The number of nitro benzene ring substituents is 1. The number of halogens is 2. The van der Waals surface area contributed by atoms with Gasteiger partial charge in [-0.25, -0.2) is 4.79 Å². The average Bonchev–Trinajstić information content (AvgIpc) is 2.34. The molecule has 0 bridgehead atoms. The van der Waals surface area contributed by atoms with Crippen LogP contribution < -0.4 is 4.74 Å². The molecule has 96 valence electrons. The normalized spacial score (nSPS) is 11.1. The van der Waals surface area contributed by atoms with Crippen molar-refractivity contribution in [2.45, 2.75) is 0 Å². The second kappa shape index (κ2) is 6.23. The first-order valence-electron chi connectivity index (χ1n) is 4.55. The van der Waals surface area contributed by atoms with Crippen molar-refractivity contribution in [3.8, 4) is 5.75 Å². The molecule has 0 spiro atoms. The number of hydrogen-bond acceptors (Lipinski definition) is 4. The highest BCUT2D eigenvalue weighted by Crippen LogP contribution is 2.28. The molecule has 18 heavy (non-hydrogen) atoms. The van der Waals surface area contributed by atoms with Crippen molar-refractivity contribution in [1.29, 1.82) is 0 Å². The standard InChI is InChI=1S/C10H7Cl2NO5/c11-4-6(12)5-18-8-3-1-2-7(13(16)17)9(8)10(14)15/h1-4H,5H2,(H,14,15)/b6-4-. The molecule has 0 aromatic heterocycles. The first-order valence-corrected chi connectivity index (χ1v) is 5.37. The predicted molar refractivity (Wildman–Crippen MR) is 65.3 cm³/mol. The van der Waals surface area contributed by atoms with Gasteiger partial charge >= 0.3 is 5.97 Å². The van der Waals surface area contributed by atoms with Crippen molar-refractivity contribution in [2.24, 2.45) is 0 Å². The molecule has 1 aromatic rings. The van der Waals surface area contributed by atoms with Crippen LogP contribution >= 0.6 is 23.2 Å². The van der Waals surface area contributed by atoms with Crippen LogP contribution in [0.4, 0.5) is 5.69 Å². The van der Waals surface area contributed by atoms with E-state index >= 15 is 0 Å². The van der Waals surface area contributed by atoms with E-state index < -0.39 is 22.1 Å². The van der Waals surface area contributed by atoms with Crippen LogP contribution in [0.3, 0.4) is 0 Å². The number of hydrogen-bond donors (Lipinski definition) is 1. The molecule has 0 aliphatic heterocycles. The van der Waals surface area contributed by atoms with Crippen molar-refractivity contribution in [1.82, 2.24) is 0 Å². The fraction of sp³-hybridized carbons (Fsp3) is 0.100. The molecule has 8 heteroatoms. The molecule has 6 nitrogen and oxygen atoms in total. The summed E-state index contributed by atoms with van der Waals surface area (Å²) in [6.07, 6.45) is 0. The third-order valence-electron chi connectivity index (χ3n) is 1.90. The van der Waals surface area contributed by atoms with Gasteiger partial charge < -0.3 is 9.84 Å². The van der Waals surface area contributed by atoms with Crippen LogP contribution in [0, 0.1) is 10.1 Å². The lowest BCUT2D eigenvalue weighted by Gasteiger charge is -2.08. The molecule has 0 fully saturated rings. The number of aromatic carboxylic acids is 1. The van der Waals surface area contributed by atoms with Gasteiger partial charge in [0.05, 0.1) is 9.96 Å². The Bertz CT molecular complexity index is 515. The molecule has 0 unspecified atom stereocenters. The summed E-state index contributed by atoms with van der Waals surface area (Å²) in [6.45, 7) is -0.174. The monoisotopic (exact) mass is 291 g/mol. The van der Waals surface area contributed by atoms with Gasteiger partial charge in [0.1, 0.15) is 12.4 Å². The van der Waals surface area contributed by atoms with Crippen molar-refractivity contribution in [3.63, 3.8) is 0 Å². The Balaban J connectivity index is 3.15. The van der Waals surface area contributed by atoms with Gasteiger partial charge in [-0.15, -0.1) is 0 Å². The highest BCUT2D eigenvalue weighted by molar-refractivity contribution is 6.36. The second-order valence-corrected chi connectivity index (χ2v) is 3.76. The van der Waals surface area contributed by atoms with E-state index in [0.717, 1.165) is 11.6 Å². The lowest BCUT2D eigenvalue weighted by molar-refractivity contribution is -0.385. The lowest BCUT2D eigenvalue weighted by atomic mass is 10.1. The third-order valence-corrected chi connectivity index (χ3v) is 2.49. The van der Waals surface area contributed by atoms with Gasteiger partial charge in [-0.05, 0) is 6.07 Å². The van der Waals surface area contributed by atoms with E-state index in [9.17, 15) is 14.9 Å². The van der Waals surface area contributed by atoms with E-state index in [-0.39, 0.29) is 17.4 Å². The minimum Gasteiger partial charge on any atom is -0.487 e. The Morgan fingerprint density at radius 2 is 2.22 bits per heavy atom. The zero-order valence-corrected chi connectivity index (χ0v) is 10.3. The lowest BCUT2D eigenvalue weighted by Crippen LogP contribution is -2.07. The number of carbonyl (C=O) groups is 1. The van der Waals surface area contributed by atoms with Crippen LogP contribution in [0.2, 0.25) is 0 Å². The summed E-state index contributed by atoms with van der Waals surface area (Å²) in [7, 11) is 0. The fourth-order valence-corrected chi connectivity index (χ4v) is 1.30. The number of carboxylic acids is 1. The van der Waals surface area contributed by atoms with Gasteiger partial charge in [-0.2, -0.15) is 0 Å². The fourth-order valence-electron chi connectivity index (χ4n) is 1.19. The molecule has 0 amide bonds. The van der Waals surface area contributed by atoms with Crippen LogP contribution in [-0.2, 0) is 0 Å². The Morgan fingerprint density at radius 3 is 2.72 bits per heavy atom. The van der Waals surface area contributed by atoms with E-state index in [1.807, 2.05) is 0 Å². The van der Waals surface area contributed by atoms with E-state index in [0.29, 0.717) is 0 Å². The van der Waals surface area contributed by atoms with E-state index in [2.05, 4.69) is 0 Å². The van der Waals surface area contributed by atoms with Crippen LogP contribution in [0.1, 0.15) is 10.4 Å². The molecule has 0 radical (unpaired) electrons. The van der Waals surface area contributed by atoms with Crippen LogP contribution in [0.15, 0.2) is 28.8 Å². The zero-order valence-electron chi connectivity index (χ0n) is 8.80. The molecule has 0 aliphatic rings. The number of rotatable bonds is 5. The van der Waals surface area contributed by atoms with Crippen LogP contribution in [0.25, 0.3) is 0 Å². The molecule has 0 saturated carbocycles. The highest BCUT2D eigenvalue weighted by atomic mass is 35.5. The van der Waals surface area contributed by atoms with Crippen molar-refractivity contribution in [3.05, 3.63) is 44.4 Å². The molecular formula is C10H7Cl2NO5. The summed E-state index contributed by atoms with van der Waals surface area (Å²) in [5.74, 6) is -1.60. The summed E-state index contributed by atoms with van der Waals surface area (Å²) < 4.78 is 5.07. The highest BCUT2D eigenvalue weighted by Gasteiger charge is 2.24. The van der Waals surface area contributed by atoms with Crippen molar-refractivity contribution < 1.29 is 19.6 Å². The van der Waals surface area contributed by atoms with E-state index in [1.54, 1.807) is 0 Å². The molecule has 0 saturated heterocycles. The molecule has 0 heterocycles. The summed E-state index contributed by atoms with van der Waals surface area (Å²) in [5, 5.41) is 19.8. The SMILES string of the molecule is O=C(O)c1c(OC/C(Cl)=C/Cl)cccc1[N+](=O)[O-]. The molecule has 1 N–H and O–H groups in total. The molecule has 0 aliphatic carbocycles. The Kier molecular flexibility index (Phi) is 4.94. The summed E-state index contributed by atoms with van der Waals surface area (Å²) in [5.41, 5.74) is -0.0215. The maximum Gasteiger partial charge on any atom is 0.346 e. The number of nitro groups is 1. The topological polar surface area (TPSA) is 89.7 Å². The Morgan fingerprint density at radius 1 is 1.56 bits per heavy atom. The van der Waals surface area contributed by atoms with E-state index in [4.69, 9.17) is 33.0 Å². The van der Waals surface area contributed by atoms with Gasteiger partial charge in [-0.1, -0.05) is 29.3 Å². The smallest absolute Gasteiger partial charge is 0.346 e. The number of carboxylic acid groups (broad SMARTS) is 1. The van der Waals surface area contributed by atoms with Crippen LogP contribution in [0.5, 0.6) is 5.75 Å². The Hall–Kier alpha value is -1.79. The zero-order chi connectivity index (χ0) is 13.7. The summed E-state index contributed by atoms with van der Waals surface area (Å²) >= 11 is 10.9. The maximum absolute atomic E-state index is 11.0. The van der Waals surface area contributed by atoms with Crippen LogP contribution in [-0.4, -0.2) is 22.6 Å². The number of benzene rings is 1. The Labute approximate surface area is 112 Å². The molecule has 0 atom stereocenters. The minimum atomic E-state index is -1.46. The van der Waals surface area contributed by atoms with Gasteiger partial charge in [0.15, 0.2) is 5.56 Å². The second-order valence-electron chi connectivity index (χ2n) is 3.06. The molecule has 1 aromatic carbocycles. The summed E-state index contributed by atoms with van der Waals surface area (Å²) in [6, 6.07) is 3.70. The van der Waals surface area contributed by atoms with Crippen molar-refractivity contribution in [2.75, 3.05) is 6.61 Å². The molecule has 1 rings (SSSR count). The molecular weight excluding hydrogens is 285 g/mol. The largest absolute Gasteiger partial charge is 0.487 e. The predicted octanol–water partition coefficient (Wildman–Crippen LogP) is 2.99. The average molecular weight is 292 g/mol. The first-order chi connectivity index (χ1) is 8.47.